The van der Waals surface area contributed by atoms with Crippen LogP contribution in [0, 0.1) is 0 Å². The number of amides is 1. The molecule has 1 saturated heterocycles. The maximum Gasteiger partial charge on any atom is 0.252 e. The lowest BCUT2D eigenvalue weighted by Gasteiger charge is -2.33. The number of carbonyl (C=O) groups excluding carboxylic acids is 1. The Kier molecular flexibility index (Phi) is 6.98. The molecular formula is C17H23ClN6O3S3. The largest absolute Gasteiger partial charge is 0.339 e. The summed E-state index contributed by atoms with van der Waals surface area (Å²) < 4.78 is 29.3. The fourth-order valence-electron chi connectivity index (χ4n) is 3.79. The van der Waals surface area contributed by atoms with Crippen molar-refractivity contribution in [2.45, 2.75) is 47.5 Å². The minimum absolute atomic E-state index is 0.0330. The molecule has 1 saturated carbocycles. The summed E-state index contributed by atoms with van der Waals surface area (Å²) in [6.45, 7) is 1.28. The van der Waals surface area contributed by atoms with Gasteiger partial charge in [0.1, 0.15) is 4.21 Å². The Labute approximate surface area is 188 Å². The van der Waals surface area contributed by atoms with E-state index in [2.05, 4.69) is 15.5 Å². The van der Waals surface area contributed by atoms with E-state index in [9.17, 15) is 13.2 Å². The van der Waals surface area contributed by atoms with E-state index >= 15 is 0 Å². The van der Waals surface area contributed by atoms with E-state index < -0.39 is 10.0 Å². The van der Waals surface area contributed by atoms with Crippen molar-refractivity contribution in [1.82, 2.24) is 29.4 Å². The summed E-state index contributed by atoms with van der Waals surface area (Å²) in [6, 6.07) is 3.41. The first-order valence-electron chi connectivity index (χ1n) is 9.89. The molecule has 9 nitrogen and oxygen atoms in total. The Morgan fingerprint density at radius 2 is 1.90 bits per heavy atom. The first-order valence-corrected chi connectivity index (χ1v) is 13.5. The van der Waals surface area contributed by atoms with E-state index in [1.165, 1.54) is 41.4 Å². The number of hydrogen-bond acceptors (Lipinski definition) is 8. The van der Waals surface area contributed by atoms with E-state index in [1.807, 2.05) is 4.68 Å². The van der Waals surface area contributed by atoms with Crippen LogP contribution < -0.4 is 0 Å². The average molecular weight is 491 g/mol. The third kappa shape index (κ3) is 4.82. The smallest absolute Gasteiger partial charge is 0.252 e. The molecule has 1 aliphatic carbocycles. The second-order valence-corrected chi connectivity index (χ2v) is 12.2. The molecule has 1 amide bonds. The van der Waals surface area contributed by atoms with E-state index in [1.54, 1.807) is 11.0 Å². The van der Waals surface area contributed by atoms with Crippen LogP contribution in [0.3, 0.4) is 0 Å². The standard InChI is InChI=1S/C17H23ClN6O3S3/c18-14-6-7-16(29-14)30(26,27)23-10-8-22(9-11-23)15(25)12-28-17-19-20-21-24(17)13-4-2-1-3-5-13/h6-7,13H,1-5,8-12H2. The molecular weight excluding hydrogens is 468 g/mol. The molecule has 164 valence electrons. The van der Waals surface area contributed by atoms with Crippen LogP contribution in [-0.4, -0.2) is 75.7 Å². The number of aromatic nitrogens is 4. The van der Waals surface area contributed by atoms with Gasteiger partial charge in [0.25, 0.3) is 10.0 Å². The highest BCUT2D eigenvalue weighted by Gasteiger charge is 2.31. The van der Waals surface area contributed by atoms with Gasteiger partial charge in [-0.05, 0) is 35.4 Å². The third-order valence-corrected chi connectivity index (χ3v) is 9.96. The van der Waals surface area contributed by atoms with Gasteiger partial charge in [-0.15, -0.1) is 16.4 Å². The van der Waals surface area contributed by atoms with Crippen LogP contribution in [0.25, 0.3) is 0 Å². The fourth-order valence-corrected chi connectivity index (χ4v) is 7.70. The number of rotatable bonds is 6. The number of halogens is 1. The Bertz CT molecular complexity index is 981. The second kappa shape index (κ2) is 9.51. The minimum Gasteiger partial charge on any atom is -0.339 e. The number of tetrazole rings is 1. The second-order valence-electron chi connectivity index (χ2n) is 7.33. The lowest BCUT2D eigenvalue weighted by Crippen LogP contribution is -2.50. The number of piperazine rings is 1. The van der Waals surface area contributed by atoms with E-state index in [0.717, 1.165) is 24.2 Å². The number of carbonyl (C=O) groups is 1. The van der Waals surface area contributed by atoms with Crippen molar-refractivity contribution < 1.29 is 13.2 Å². The number of thioether (sulfide) groups is 1. The maximum absolute atomic E-state index is 12.7. The van der Waals surface area contributed by atoms with Gasteiger partial charge >= 0.3 is 0 Å². The monoisotopic (exact) mass is 490 g/mol. The molecule has 2 aromatic heterocycles. The van der Waals surface area contributed by atoms with Crippen molar-refractivity contribution in [3.05, 3.63) is 16.5 Å². The zero-order valence-electron chi connectivity index (χ0n) is 16.3. The molecule has 0 aromatic carbocycles. The van der Waals surface area contributed by atoms with Gasteiger partial charge < -0.3 is 4.90 Å². The lowest BCUT2D eigenvalue weighted by molar-refractivity contribution is -0.129. The topological polar surface area (TPSA) is 101 Å². The Morgan fingerprint density at radius 3 is 2.57 bits per heavy atom. The highest BCUT2D eigenvalue weighted by Crippen LogP contribution is 2.31. The van der Waals surface area contributed by atoms with Gasteiger partial charge in [-0.25, -0.2) is 13.1 Å². The van der Waals surface area contributed by atoms with Crippen LogP contribution in [-0.2, 0) is 14.8 Å². The molecule has 4 rings (SSSR count). The molecule has 30 heavy (non-hydrogen) atoms. The maximum atomic E-state index is 12.7. The number of sulfonamides is 1. The van der Waals surface area contributed by atoms with E-state index in [4.69, 9.17) is 11.6 Å². The molecule has 0 N–H and O–H groups in total. The van der Waals surface area contributed by atoms with Crippen LogP contribution in [0.4, 0.5) is 0 Å². The summed E-state index contributed by atoms with van der Waals surface area (Å²) in [5, 5.41) is 12.7. The predicted octanol–water partition coefficient (Wildman–Crippen LogP) is 2.52. The molecule has 0 atom stereocenters. The summed E-state index contributed by atoms with van der Waals surface area (Å²) in [7, 11) is -3.56. The van der Waals surface area contributed by atoms with Gasteiger partial charge in [0.15, 0.2) is 0 Å². The molecule has 2 aromatic rings. The van der Waals surface area contributed by atoms with Crippen LogP contribution in [0.15, 0.2) is 21.5 Å². The van der Waals surface area contributed by atoms with Gasteiger partial charge in [0.05, 0.1) is 16.1 Å². The molecule has 2 fully saturated rings. The highest BCUT2D eigenvalue weighted by molar-refractivity contribution is 7.99. The lowest BCUT2D eigenvalue weighted by atomic mass is 9.96. The molecule has 1 aliphatic heterocycles. The zero-order chi connectivity index (χ0) is 21.1. The fraction of sp³-hybridized carbons (Fsp3) is 0.647. The molecule has 2 aliphatic rings. The summed E-state index contributed by atoms with van der Waals surface area (Å²) in [6.07, 6.45) is 5.74. The number of hydrogen-bond donors (Lipinski definition) is 0. The summed E-state index contributed by atoms with van der Waals surface area (Å²) in [5.41, 5.74) is 0. The SMILES string of the molecule is O=C(CSc1nnnn1C1CCCCC1)N1CCN(S(=O)(=O)c2ccc(Cl)s2)CC1. The van der Waals surface area contributed by atoms with Crippen LogP contribution in [0.5, 0.6) is 0 Å². The predicted molar refractivity (Wildman–Crippen MR) is 115 cm³/mol. The van der Waals surface area contributed by atoms with Crippen LogP contribution in [0.2, 0.25) is 4.34 Å². The van der Waals surface area contributed by atoms with Crippen molar-refractivity contribution in [3.8, 4) is 0 Å². The molecule has 0 radical (unpaired) electrons. The summed E-state index contributed by atoms with van der Waals surface area (Å²) in [5.74, 6) is 0.204. The molecule has 0 bridgehead atoms. The number of thiophene rings is 1. The normalized spacial score (nSPS) is 19.3. The van der Waals surface area contributed by atoms with Crippen molar-refractivity contribution >= 4 is 50.6 Å². The quantitative estimate of drug-likeness (QED) is 0.573. The Morgan fingerprint density at radius 1 is 1.17 bits per heavy atom. The summed E-state index contributed by atoms with van der Waals surface area (Å²) >= 11 is 8.26. The van der Waals surface area contributed by atoms with Gasteiger partial charge in [0.2, 0.25) is 11.1 Å². The van der Waals surface area contributed by atoms with Crippen molar-refractivity contribution in [2.24, 2.45) is 0 Å². The Balaban J connectivity index is 1.30. The molecule has 0 spiro atoms. The van der Waals surface area contributed by atoms with E-state index in [0.29, 0.717) is 28.6 Å². The van der Waals surface area contributed by atoms with Gasteiger partial charge in [-0.2, -0.15) is 4.31 Å². The first kappa shape index (κ1) is 22.0. The highest BCUT2D eigenvalue weighted by atomic mass is 35.5. The van der Waals surface area contributed by atoms with Gasteiger partial charge in [0, 0.05) is 26.2 Å². The van der Waals surface area contributed by atoms with Crippen molar-refractivity contribution in [1.29, 1.82) is 0 Å². The van der Waals surface area contributed by atoms with Gasteiger partial charge in [-0.3, -0.25) is 4.79 Å². The average Bonchev–Trinajstić information content (AvgIpc) is 3.42. The van der Waals surface area contributed by atoms with Gasteiger partial charge in [-0.1, -0.05) is 42.6 Å². The van der Waals surface area contributed by atoms with E-state index in [-0.39, 0.29) is 29.0 Å². The molecule has 3 heterocycles. The summed E-state index contributed by atoms with van der Waals surface area (Å²) in [4.78, 5) is 14.4. The first-order chi connectivity index (χ1) is 14.4. The number of nitrogens with zero attached hydrogens (tertiary/aromatic N) is 6. The van der Waals surface area contributed by atoms with Crippen molar-refractivity contribution in [3.63, 3.8) is 0 Å². The Hall–Kier alpha value is -1.21. The molecule has 13 heteroatoms. The zero-order valence-corrected chi connectivity index (χ0v) is 19.5. The van der Waals surface area contributed by atoms with Crippen LogP contribution >= 0.6 is 34.7 Å². The third-order valence-electron chi connectivity index (χ3n) is 5.44. The van der Waals surface area contributed by atoms with Crippen molar-refractivity contribution in [2.75, 3.05) is 31.9 Å². The minimum atomic E-state index is -3.56. The van der Waals surface area contributed by atoms with Crippen LogP contribution in [0.1, 0.15) is 38.1 Å². The molecule has 0 unspecified atom stereocenters.